The summed E-state index contributed by atoms with van der Waals surface area (Å²) < 4.78 is 4.95. The maximum Gasteiger partial charge on any atom is 0.398 e. The molecule has 1 radical (unpaired) electrons. The van der Waals surface area contributed by atoms with Crippen LogP contribution in [0.5, 0.6) is 0 Å². The summed E-state index contributed by atoms with van der Waals surface area (Å²) in [4.78, 5) is 2.18. The van der Waals surface area contributed by atoms with Crippen LogP contribution in [0.2, 0.25) is 0 Å². The summed E-state index contributed by atoms with van der Waals surface area (Å²) in [6.07, 6.45) is 2.16. The molecule has 2 atom stereocenters. The molecule has 0 aliphatic carbocycles. The molecule has 1 aliphatic rings. The van der Waals surface area contributed by atoms with E-state index in [-0.39, 0.29) is 0 Å². The number of alkyl halides is 1. The highest BCUT2D eigenvalue weighted by Crippen LogP contribution is 2.23. The lowest BCUT2D eigenvalue weighted by Gasteiger charge is -2.22. The molecule has 1 fully saturated rings. The maximum atomic E-state index is 6.09. The normalized spacial score (nSPS) is 32.6. The van der Waals surface area contributed by atoms with Gasteiger partial charge in [-0.2, -0.15) is 0 Å². The average molecular weight is 174 g/mol. The molecule has 4 heteroatoms. The van der Waals surface area contributed by atoms with Gasteiger partial charge in [-0.05, 0) is 19.4 Å². The van der Waals surface area contributed by atoms with Gasteiger partial charge in [0.1, 0.15) is 0 Å². The lowest BCUT2D eigenvalue weighted by atomic mass is 10.1. The zero-order valence-electron chi connectivity index (χ0n) is 7.09. The summed E-state index contributed by atoms with van der Waals surface area (Å²) in [5.41, 5.74) is 0. The van der Waals surface area contributed by atoms with E-state index >= 15 is 0 Å². The van der Waals surface area contributed by atoms with E-state index in [0.717, 1.165) is 19.4 Å². The van der Waals surface area contributed by atoms with E-state index in [4.69, 9.17) is 16.3 Å². The molecule has 0 amide bonds. The zero-order chi connectivity index (χ0) is 8.27. The van der Waals surface area contributed by atoms with Crippen molar-refractivity contribution in [2.24, 2.45) is 0 Å². The lowest BCUT2D eigenvalue weighted by Crippen LogP contribution is -2.36. The fourth-order valence-corrected chi connectivity index (χ4v) is 2.02. The van der Waals surface area contributed by atoms with Gasteiger partial charge in [0.05, 0.1) is 0 Å². The summed E-state index contributed by atoms with van der Waals surface area (Å²) in [7, 11) is 3.45. The van der Waals surface area contributed by atoms with Crippen LogP contribution in [0.25, 0.3) is 0 Å². The van der Waals surface area contributed by atoms with Gasteiger partial charge in [0, 0.05) is 18.5 Å². The zero-order valence-corrected chi connectivity index (χ0v) is 7.84. The minimum Gasteiger partial charge on any atom is -0.427 e. The Bertz CT molecular complexity index is 123. The van der Waals surface area contributed by atoms with Gasteiger partial charge in [-0.15, -0.1) is 11.6 Å². The third-order valence-corrected chi connectivity index (χ3v) is 2.67. The second kappa shape index (κ2) is 4.34. The largest absolute Gasteiger partial charge is 0.427 e. The van der Waals surface area contributed by atoms with Gasteiger partial charge in [-0.1, -0.05) is 6.92 Å². The van der Waals surface area contributed by atoms with Crippen molar-refractivity contribution in [2.45, 2.75) is 31.2 Å². The Morgan fingerprint density at radius 3 is 3.00 bits per heavy atom. The topological polar surface area (TPSA) is 12.5 Å². The molecule has 63 valence electrons. The van der Waals surface area contributed by atoms with Crippen LogP contribution in [-0.2, 0) is 4.65 Å². The highest BCUT2D eigenvalue weighted by molar-refractivity contribution is 6.25. The molecule has 1 saturated heterocycles. The van der Waals surface area contributed by atoms with Crippen LogP contribution in [-0.4, -0.2) is 37.5 Å². The molecule has 1 rings (SSSR count). The molecular weight excluding hydrogens is 160 g/mol. The van der Waals surface area contributed by atoms with E-state index in [1.807, 2.05) is 0 Å². The highest BCUT2D eigenvalue weighted by atomic mass is 35.5. The Morgan fingerprint density at radius 2 is 2.45 bits per heavy atom. The number of hydrogen-bond donors (Lipinski definition) is 0. The molecule has 2 nitrogen and oxygen atoms in total. The van der Waals surface area contributed by atoms with Gasteiger partial charge in [0.25, 0.3) is 0 Å². The van der Waals surface area contributed by atoms with Crippen LogP contribution >= 0.6 is 11.6 Å². The van der Waals surface area contributed by atoms with Crippen LogP contribution in [0, 0.1) is 0 Å². The van der Waals surface area contributed by atoms with Gasteiger partial charge in [0.2, 0.25) is 0 Å². The predicted octanol–water partition coefficient (Wildman–Crippen LogP) is 1.26. The van der Waals surface area contributed by atoms with E-state index in [1.165, 1.54) is 0 Å². The Hall–Kier alpha value is 0.275. The quantitative estimate of drug-likeness (QED) is 0.472. The average Bonchev–Trinajstić information content (AvgIpc) is 2.33. The van der Waals surface area contributed by atoms with Crippen molar-refractivity contribution in [3.8, 4) is 0 Å². The molecular formula is C7H14BClNO. The first kappa shape index (κ1) is 9.36. The third-order valence-electron chi connectivity index (χ3n) is 2.17. The first-order chi connectivity index (χ1) is 5.29. The van der Waals surface area contributed by atoms with Gasteiger partial charge < -0.3 is 9.47 Å². The summed E-state index contributed by atoms with van der Waals surface area (Å²) in [5.74, 6) is 0. The van der Waals surface area contributed by atoms with Gasteiger partial charge >= 0.3 is 7.62 Å². The second-order valence-electron chi connectivity index (χ2n) is 2.86. The van der Waals surface area contributed by atoms with E-state index in [1.54, 1.807) is 14.7 Å². The van der Waals surface area contributed by atoms with Gasteiger partial charge in [-0.25, -0.2) is 0 Å². The molecule has 1 aliphatic heterocycles. The maximum absolute atomic E-state index is 6.09. The van der Waals surface area contributed by atoms with Gasteiger partial charge in [-0.3, -0.25) is 0 Å². The smallest absolute Gasteiger partial charge is 0.398 e. The van der Waals surface area contributed by atoms with Crippen molar-refractivity contribution in [3.63, 3.8) is 0 Å². The van der Waals surface area contributed by atoms with E-state index in [9.17, 15) is 0 Å². The standard InChI is InChI=1S/C7H14BClNO/c1-3-7-6(9)4-5-10(7)8-11-2/h6-7H,3-5H2,1-2H3/t6?,7-/m0/s1. The van der Waals surface area contributed by atoms with Crippen LogP contribution in [0.1, 0.15) is 19.8 Å². The molecule has 0 N–H and O–H groups in total. The van der Waals surface area contributed by atoms with E-state index in [2.05, 4.69) is 11.7 Å². The Kier molecular flexibility index (Phi) is 3.69. The highest BCUT2D eigenvalue weighted by Gasteiger charge is 2.31. The van der Waals surface area contributed by atoms with Crippen LogP contribution in [0.3, 0.4) is 0 Å². The summed E-state index contributed by atoms with van der Waals surface area (Å²) in [6, 6.07) is 0.469. The fourth-order valence-electron chi connectivity index (χ4n) is 1.59. The molecule has 0 aromatic heterocycles. The Balaban J connectivity index is 2.40. The van der Waals surface area contributed by atoms with E-state index in [0.29, 0.717) is 11.4 Å². The first-order valence-electron chi connectivity index (χ1n) is 4.05. The SMILES string of the molecule is CC[C@H]1C(Cl)CCN1[B]OC. The minimum atomic E-state index is 0.298. The van der Waals surface area contributed by atoms with Gasteiger partial charge in [0.15, 0.2) is 0 Å². The molecule has 0 saturated carbocycles. The Labute approximate surface area is 74.1 Å². The first-order valence-corrected chi connectivity index (χ1v) is 4.49. The molecule has 0 aromatic carbocycles. The number of nitrogens with zero attached hydrogens (tertiary/aromatic N) is 1. The summed E-state index contributed by atoms with van der Waals surface area (Å²) >= 11 is 6.09. The fraction of sp³-hybridized carbons (Fsp3) is 1.00. The third kappa shape index (κ3) is 2.11. The summed E-state index contributed by atoms with van der Waals surface area (Å²) in [5, 5.41) is 0.298. The monoisotopic (exact) mass is 174 g/mol. The Morgan fingerprint density at radius 1 is 1.73 bits per heavy atom. The van der Waals surface area contributed by atoms with Crippen LogP contribution < -0.4 is 0 Å². The molecule has 1 unspecified atom stereocenters. The van der Waals surface area contributed by atoms with Crippen molar-refractivity contribution < 1.29 is 4.65 Å². The second-order valence-corrected chi connectivity index (χ2v) is 3.42. The van der Waals surface area contributed by atoms with Crippen molar-refractivity contribution in [1.29, 1.82) is 0 Å². The van der Waals surface area contributed by atoms with Crippen molar-refractivity contribution >= 4 is 19.2 Å². The minimum absolute atomic E-state index is 0.298. The predicted molar refractivity (Wildman–Crippen MR) is 47.8 cm³/mol. The number of hydrogen-bond acceptors (Lipinski definition) is 2. The molecule has 0 bridgehead atoms. The van der Waals surface area contributed by atoms with Crippen molar-refractivity contribution in [2.75, 3.05) is 13.7 Å². The van der Waals surface area contributed by atoms with E-state index < -0.39 is 0 Å². The van der Waals surface area contributed by atoms with Crippen LogP contribution in [0.4, 0.5) is 0 Å². The molecule has 11 heavy (non-hydrogen) atoms. The van der Waals surface area contributed by atoms with Crippen LogP contribution in [0.15, 0.2) is 0 Å². The molecule has 1 heterocycles. The van der Waals surface area contributed by atoms with Crippen molar-refractivity contribution in [3.05, 3.63) is 0 Å². The number of rotatable bonds is 3. The summed E-state index contributed by atoms with van der Waals surface area (Å²) in [6.45, 7) is 3.18. The van der Waals surface area contributed by atoms with Crippen molar-refractivity contribution in [1.82, 2.24) is 4.81 Å². The lowest BCUT2D eigenvalue weighted by molar-refractivity contribution is 0.319. The molecule has 0 spiro atoms. The number of halogens is 1. The molecule has 0 aromatic rings.